The highest BCUT2D eigenvalue weighted by Gasteiger charge is 2.52. The van der Waals surface area contributed by atoms with Gasteiger partial charge in [0.15, 0.2) is 6.29 Å². The third-order valence-corrected chi connectivity index (χ3v) is 5.02. The molecular weight excluding hydrogens is 352 g/mol. The van der Waals surface area contributed by atoms with Crippen molar-refractivity contribution in [2.75, 3.05) is 13.2 Å². The van der Waals surface area contributed by atoms with E-state index in [2.05, 4.69) is 0 Å². The third kappa shape index (κ3) is 4.03. The van der Waals surface area contributed by atoms with Crippen molar-refractivity contribution in [3.8, 4) is 0 Å². The smallest absolute Gasteiger partial charge is 0.173 e. The molecule has 0 spiro atoms. The number of ether oxygens (including phenoxy) is 3. The fourth-order valence-electron chi connectivity index (χ4n) is 3.43. The maximum Gasteiger partial charge on any atom is 0.173 e. The van der Waals surface area contributed by atoms with Crippen molar-refractivity contribution in [2.24, 2.45) is 11.5 Å². The molecule has 0 amide bonds. The van der Waals surface area contributed by atoms with Crippen LogP contribution in [-0.4, -0.2) is 111 Å². The van der Waals surface area contributed by atoms with Crippen LogP contribution in [0, 0.1) is 0 Å². The first-order valence-corrected chi connectivity index (χ1v) is 8.49. The summed E-state index contributed by atoms with van der Waals surface area (Å²) < 4.78 is 16.7. The van der Waals surface area contributed by atoms with Crippen LogP contribution in [0.3, 0.4) is 0 Å². The number of nitrogens with two attached hydrogens (primary N) is 2. The second-order valence-corrected chi connectivity index (χ2v) is 7.34. The van der Waals surface area contributed by atoms with Gasteiger partial charge in [-0.25, -0.2) is 0 Å². The van der Waals surface area contributed by atoms with Crippen LogP contribution >= 0.6 is 0 Å². The summed E-state index contributed by atoms with van der Waals surface area (Å²) in [4.78, 5) is 0. The van der Waals surface area contributed by atoms with Crippen molar-refractivity contribution >= 4 is 0 Å². The Labute approximate surface area is 151 Å². The van der Waals surface area contributed by atoms with Gasteiger partial charge in [0.2, 0.25) is 0 Å². The molecule has 0 aromatic rings. The Morgan fingerprint density at radius 1 is 0.846 bits per heavy atom. The maximum absolute atomic E-state index is 10.3. The topological polar surface area (TPSA) is 201 Å². The number of hydrogen-bond acceptors (Lipinski definition) is 11. The highest BCUT2D eigenvalue weighted by molar-refractivity contribution is 5.02. The largest absolute Gasteiger partial charge is 0.394 e. The lowest BCUT2D eigenvalue weighted by Crippen LogP contribution is -2.69. The zero-order valence-corrected chi connectivity index (χ0v) is 14.8. The molecule has 0 bridgehead atoms. The minimum atomic E-state index is -1.46. The van der Waals surface area contributed by atoms with E-state index in [9.17, 15) is 30.6 Å². The molecule has 154 valence electrons. The molecule has 10 N–H and O–H groups in total. The van der Waals surface area contributed by atoms with E-state index in [1.54, 1.807) is 13.8 Å². The summed E-state index contributed by atoms with van der Waals surface area (Å²) in [6.45, 7) is 2.07. The van der Waals surface area contributed by atoms with Crippen molar-refractivity contribution in [1.29, 1.82) is 0 Å². The van der Waals surface area contributed by atoms with Gasteiger partial charge in [0.25, 0.3) is 0 Å². The number of aliphatic hydroxyl groups excluding tert-OH is 6. The third-order valence-electron chi connectivity index (χ3n) is 5.02. The van der Waals surface area contributed by atoms with Crippen LogP contribution in [0.15, 0.2) is 0 Å². The lowest BCUT2D eigenvalue weighted by molar-refractivity contribution is -0.300. The molecule has 2 rings (SSSR count). The molecular formula is C15H30N2O9. The van der Waals surface area contributed by atoms with E-state index in [1.807, 2.05) is 0 Å². The monoisotopic (exact) mass is 382 g/mol. The summed E-state index contributed by atoms with van der Waals surface area (Å²) in [6.07, 6.45) is -9.73. The Morgan fingerprint density at radius 3 is 1.96 bits per heavy atom. The number of rotatable bonds is 5. The highest BCUT2D eigenvalue weighted by atomic mass is 16.6. The minimum Gasteiger partial charge on any atom is -0.394 e. The van der Waals surface area contributed by atoms with Crippen molar-refractivity contribution < 1.29 is 44.8 Å². The minimum absolute atomic E-state index is 0.539. The van der Waals surface area contributed by atoms with Crippen LogP contribution in [0.5, 0.6) is 0 Å². The molecule has 0 radical (unpaired) electrons. The standard InChI is InChI=1S/C15H30N2O9/c1-15(2,13-7(16)10(21)9(20)5(3-18)24-13)26-12-6(4-19)25-14(23)8(17)11(12)22/h5-14,18-23H,3-4,16-17H2,1-2H3. The van der Waals surface area contributed by atoms with Gasteiger partial charge < -0.3 is 56.3 Å². The summed E-state index contributed by atoms with van der Waals surface area (Å²) in [7, 11) is 0. The van der Waals surface area contributed by atoms with E-state index in [0.29, 0.717) is 0 Å². The lowest BCUT2D eigenvalue weighted by Gasteiger charge is -2.50. The molecule has 11 nitrogen and oxygen atoms in total. The van der Waals surface area contributed by atoms with Gasteiger partial charge in [-0.05, 0) is 13.8 Å². The average Bonchev–Trinajstić information content (AvgIpc) is 2.60. The molecule has 2 aliphatic heterocycles. The van der Waals surface area contributed by atoms with E-state index in [-0.39, 0.29) is 0 Å². The molecule has 0 aromatic carbocycles. The van der Waals surface area contributed by atoms with E-state index in [0.717, 1.165) is 0 Å². The van der Waals surface area contributed by atoms with Gasteiger partial charge in [0.05, 0.1) is 30.9 Å². The zero-order chi connectivity index (χ0) is 19.8. The molecule has 0 aromatic heterocycles. The van der Waals surface area contributed by atoms with Gasteiger partial charge in [0.1, 0.15) is 42.7 Å². The maximum atomic E-state index is 10.3. The van der Waals surface area contributed by atoms with E-state index in [1.165, 1.54) is 0 Å². The lowest BCUT2D eigenvalue weighted by atomic mass is 9.85. The molecule has 2 saturated heterocycles. The van der Waals surface area contributed by atoms with Gasteiger partial charge in [-0.3, -0.25) is 0 Å². The number of hydrogen-bond donors (Lipinski definition) is 8. The second kappa shape index (κ2) is 8.29. The van der Waals surface area contributed by atoms with E-state index < -0.39 is 79.9 Å². The Hall–Kier alpha value is -0.440. The first kappa shape index (κ1) is 21.9. The Kier molecular flexibility index (Phi) is 6.97. The van der Waals surface area contributed by atoms with Crippen molar-refractivity contribution in [3.63, 3.8) is 0 Å². The Morgan fingerprint density at radius 2 is 1.42 bits per heavy atom. The molecule has 2 heterocycles. The van der Waals surface area contributed by atoms with Gasteiger partial charge in [-0.1, -0.05) is 0 Å². The second-order valence-electron chi connectivity index (χ2n) is 7.34. The molecule has 26 heavy (non-hydrogen) atoms. The summed E-state index contributed by atoms with van der Waals surface area (Å²) in [6, 6.07) is -2.20. The van der Waals surface area contributed by atoms with Crippen molar-refractivity contribution in [1.82, 2.24) is 0 Å². The van der Waals surface area contributed by atoms with Crippen LogP contribution in [0.2, 0.25) is 0 Å². The average molecular weight is 382 g/mol. The molecule has 0 aliphatic carbocycles. The van der Waals surface area contributed by atoms with Crippen LogP contribution in [0.1, 0.15) is 13.8 Å². The summed E-state index contributed by atoms with van der Waals surface area (Å²) in [5.41, 5.74) is 10.4. The first-order valence-electron chi connectivity index (χ1n) is 8.49. The summed E-state index contributed by atoms with van der Waals surface area (Å²) >= 11 is 0. The highest BCUT2D eigenvalue weighted by Crippen LogP contribution is 2.33. The van der Waals surface area contributed by atoms with Gasteiger partial charge >= 0.3 is 0 Å². The predicted molar refractivity (Wildman–Crippen MR) is 86.6 cm³/mol. The van der Waals surface area contributed by atoms with Crippen LogP contribution < -0.4 is 11.5 Å². The molecule has 10 unspecified atom stereocenters. The summed E-state index contributed by atoms with van der Waals surface area (Å²) in [5, 5.41) is 58.8. The Balaban J connectivity index is 2.20. The van der Waals surface area contributed by atoms with Gasteiger partial charge in [-0.15, -0.1) is 0 Å². The number of aliphatic hydroxyl groups is 6. The Bertz CT molecular complexity index is 464. The predicted octanol–water partition coefficient (Wildman–Crippen LogP) is -4.64. The van der Waals surface area contributed by atoms with Gasteiger partial charge in [0, 0.05) is 0 Å². The zero-order valence-electron chi connectivity index (χ0n) is 14.8. The summed E-state index contributed by atoms with van der Waals surface area (Å²) in [5.74, 6) is 0. The van der Waals surface area contributed by atoms with Gasteiger partial charge in [-0.2, -0.15) is 0 Å². The SMILES string of the molecule is CC(C)(OC1C(CO)OC(O)C(N)C1O)C1OC(CO)C(O)C(O)C1N. The van der Waals surface area contributed by atoms with Crippen LogP contribution in [0.25, 0.3) is 0 Å². The normalized spacial score (nSPS) is 47.8. The first-order chi connectivity index (χ1) is 12.0. The quantitative estimate of drug-likeness (QED) is 0.227. The van der Waals surface area contributed by atoms with E-state index >= 15 is 0 Å². The van der Waals surface area contributed by atoms with E-state index in [4.69, 9.17) is 25.7 Å². The molecule has 0 saturated carbocycles. The van der Waals surface area contributed by atoms with Crippen LogP contribution in [0.4, 0.5) is 0 Å². The molecule has 11 heteroatoms. The fraction of sp³-hybridized carbons (Fsp3) is 1.00. The van der Waals surface area contributed by atoms with Crippen LogP contribution in [-0.2, 0) is 14.2 Å². The van der Waals surface area contributed by atoms with Crippen molar-refractivity contribution in [2.45, 2.75) is 80.5 Å². The molecule has 10 atom stereocenters. The fourth-order valence-corrected chi connectivity index (χ4v) is 3.43. The molecule has 2 fully saturated rings. The molecule has 2 aliphatic rings. The van der Waals surface area contributed by atoms with Crippen molar-refractivity contribution in [3.05, 3.63) is 0 Å².